The molecule has 0 spiro atoms. The lowest BCUT2D eigenvalue weighted by atomic mass is 10.2. The molecular weight excluding hydrogens is 432 g/mol. The summed E-state index contributed by atoms with van der Waals surface area (Å²) in [6, 6.07) is 0. The van der Waals surface area contributed by atoms with Crippen LogP contribution in [-0.2, 0) is 0 Å². The van der Waals surface area contributed by atoms with Crippen LogP contribution < -0.4 is 0 Å². The van der Waals surface area contributed by atoms with Crippen molar-refractivity contribution in [1.29, 1.82) is 0 Å². The van der Waals surface area contributed by atoms with Gasteiger partial charge in [0.05, 0.1) is 0 Å². The summed E-state index contributed by atoms with van der Waals surface area (Å²) in [4.78, 5) is 0. The van der Waals surface area contributed by atoms with E-state index in [4.69, 9.17) is 0 Å². The van der Waals surface area contributed by atoms with Gasteiger partial charge in [-0.05, 0) is 0 Å². The molecule has 36 heavy (non-hydrogen) atoms. The zero-order chi connectivity index (χ0) is 26.0. The second-order valence-corrected chi connectivity index (χ2v) is 12.3. The van der Waals surface area contributed by atoms with E-state index in [1.807, 2.05) is 0 Å². The monoisotopic (exact) mass is 507 g/mol. The zero-order valence-electron chi connectivity index (χ0n) is 26.0. The Morgan fingerprint density at radius 3 is 0.333 bits per heavy atom. The number of hydrogen-bond donors (Lipinski definition) is 0. The molecule has 0 N–H and O–H groups in total. The SMILES string of the molecule is C1CCCC1.C1CCCC1.C1CCCC1.C1CCCC1.C1CCCC1.C1CCCC1.CCCCCC. The van der Waals surface area contributed by atoms with Gasteiger partial charge in [0.25, 0.3) is 0 Å². The van der Waals surface area contributed by atoms with Crippen molar-refractivity contribution >= 4 is 0 Å². The molecular formula is C36H74. The lowest BCUT2D eigenvalue weighted by Gasteiger charge is -1.86. The predicted octanol–water partition coefficient (Wildman–Crippen LogP) is 14.3. The highest BCUT2D eigenvalue weighted by atomic mass is 14.0. The first-order chi connectivity index (χ1) is 17.9. The quantitative estimate of drug-likeness (QED) is 0.334. The second kappa shape index (κ2) is 35.0. The molecule has 0 saturated heterocycles. The highest BCUT2D eigenvalue weighted by molar-refractivity contribution is 4.53. The van der Waals surface area contributed by atoms with Crippen molar-refractivity contribution < 1.29 is 0 Å². The molecule has 0 aromatic carbocycles. The van der Waals surface area contributed by atoms with E-state index in [9.17, 15) is 0 Å². The fraction of sp³-hybridized carbons (Fsp3) is 1.00. The van der Waals surface area contributed by atoms with Crippen LogP contribution in [0.25, 0.3) is 0 Å². The van der Waals surface area contributed by atoms with Crippen molar-refractivity contribution in [1.82, 2.24) is 0 Å². The molecule has 0 heterocycles. The van der Waals surface area contributed by atoms with Gasteiger partial charge in [0.1, 0.15) is 0 Å². The summed E-state index contributed by atoms with van der Waals surface area (Å²) in [6.07, 6.45) is 50.5. The third kappa shape index (κ3) is 34.0. The van der Waals surface area contributed by atoms with Crippen LogP contribution in [0.5, 0.6) is 0 Å². The molecule has 0 nitrogen and oxygen atoms in total. The number of rotatable bonds is 3. The normalized spacial score (nSPS) is 21.5. The van der Waals surface area contributed by atoms with Gasteiger partial charge in [0.15, 0.2) is 0 Å². The molecule has 6 saturated carbocycles. The Labute approximate surface area is 232 Å². The van der Waals surface area contributed by atoms with E-state index in [0.717, 1.165) is 0 Å². The largest absolute Gasteiger partial charge is 0.0654 e. The summed E-state index contributed by atoms with van der Waals surface area (Å²) in [5, 5.41) is 0. The van der Waals surface area contributed by atoms with Gasteiger partial charge < -0.3 is 0 Å². The van der Waals surface area contributed by atoms with E-state index in [0.29, 0.717) is 0 Å². The Hall–Kier alpha value is 0. The van der Waals surface area contributed by atoms with Crippen LogP contribution in [0.1, 0.15) is 232 Å². The van der Waals surface area contributed by atoms with Crippen molar-refractivity contribution in [3.05, 3.63) is 0 Å². The molecule has 0 bridgehead atoms. The average molecular weight is 507 g/mol. The Bertz CT molecular complexity index is 195. The Morgan fingerprint density at radius 2 is 0.278 bits per heavy atom. The molecule has 0 atom stereocenters. The van der Waals surface area contributed by atoms with Crippen LogP contribution in [0.4, 0.5) is 0 Å². The van der Waals surface area contributed by atoms with Gasteiger partial charge in [-0.3, -0.25) is 0 Å². The Morgan fingerprint density at radius 1 is 0.194 bits per heavy atom. The van der Waals surface area contributed by atoms with Crippen LogP contribution in [0.3, 0.4) is 0 Å². The van der Waals surface area contributed by atoms with Gasteiger partial charge in [-0.15, -0.1) is 0 Å². The fourth-order valence-electron chi connectivity index (χ4n) is 5.80. The van der Waals surface area contributed by atoms with Crippen LogP contribution in [0.15, 0.2) is 0 Å². The third-order valence-corrected chi connectivity index (χ3v) is 8.46. The second-order valence-electron chi connectivity index (χ2n) is 12.3. The standard InChI is InChI=1S/C6H14.6C5H10/c1-3-5-6-4-2;6*1-2-4-5-3-1/h3-6H2,1-2H3;6*1-5H2. The minimum atomic E-state index is 1.36. The van der Waals surface area contributed by atoms with Gasteiger partial charge in [0, 0.05) is 0 Å². The van der Waals surface area contributed by atoms with Gasteiger partial charge in [-0.1, -0.05) is 232 Å². The topological polar surface area (TPSA) is 0 Å². The minimum absolute atomic E-state index is 1.36. The van der Waals surface area contributed by atoms with Crippen LogP contribution in [-0.4, -0.2) is 0 Å². The van der Waals surface area contributed by atoms with Crippen molar-refractivity contribution in [2.75, 3.05) is 0 Å². The molecule has 0 radical (unpaired) electrons. The summed E-state index contributed by atoms with van der Waals surface area (Å²) in [6.45, 7) is 4.46. The maximum absolute atomic E-state index is 2.23. The summed E-state index contributed by atoms with van der Waals surface area (Å²) < 4.78 is 0. The highest BCUT2D eigenvalue weighted by Gasteiger charge is 1.97. The molecule has 0 unspecified atom stereocenters. The smallest absolute Gasteiger partial charge is 0.0533 e. The van der Waals surface area contributed by atoms with E-state index in [1.54, 1.807) is 0 Å². The van der Waals surface area contributed by atoms with E-state index in [2.05, 4.69) is 13.8 Å². The molecule has 0 aromatic heterocycles. The minimum Gasteiger partial charge on any atom is -0.0654 e. The first-order valence-corrected chi connectivity index (χ1v) is 17.9. The lowest BCUT2D eigenvalue weighted by molar-refractivity contribution is 0.702. The van der Waals surface area contributed by atoms with E-state index < -0.39 is 0 Å². The summed E-state index contributed by atoms with van der Waals surface area (Å²) in [5.74, 6) is 0. The van der Waals surface area contributed by atoms with Crippen LogP contribution in [0, 0.1) is 0 Å². The third-order valence-electron chi connectivity index (χ3n) is 8.46. The van der Waals surface area contributed by atoms with Gasteiger partial charge in [0.2, 0.25) is 0 Å². The summed E-state index contributed by atoms with van der Waals surface area (Å²) in [7, 11) is 0. The molecule has 0 heteroatoms. The summed E-state index contributed by atoms with van der Waals surface area (Å²) in [5.41, 5.74) is 0. The van der Waals surface area contributed by atoms with Crippen molar-refractivity contribution in [3.63, 3.8) is 0 Å². The molecule has 6 rings (SSSR count). The maximum Gasteiger partial charge on any atom is -0.0533 e. The maximum atomic E-state index is 2.23. The van der Waals surface area contributed by atoms with Crippen molar-refractivity contribution in [2.45, 2.75) is 232 Å². The van der Waals surface area contributed by atoms with Crippen LogP contribution in [0.2, 0.25) is 0 Å². The molecule has 0 amide bonds. The Kier molecular flexibility index (Phi) is 35.0. The van der Waals surface area contributed by atoms with Gasteiger partial charge >= 0.3 is 0 Å². The summed E-state index contributed by atoms with van der Waals surface area (Å²) >= 11 is 0. The molecule has 0 aliphatic heterocycles. The van der Waals surface area contributed by atoms with E-state index in [1.165, 1.54) is 218 Å². The average Bonchev–Trinajstić information content (AvgIpc) is 3.83. The van der Waals surface area contributed by atoms with Gasteiger partial charge in [-0.2, -0.15) is 0 Å². The van der Waals surface area contributed by atoms with E-state index in [-0.39, 0.29) is 0 Å². The Balaban J connectivity index is 0.000000397. The lowest BCUT2D eigenvalue weighted by Crippen LogP contribution is -1.66. The first kappa shape index (κ1) is 36.0. The molecule has 218 valence electrons. The predicted molar refractivity (Wildman–Crippen MR) is 168 cm³/mol. The van der Waals surface area contributed by atoms with Crippen LogP contribution >= 0.6 is 0 Å². The molecule has 6 aliphatic carbocycles. The molecule has 0 aromatic rings. The van der Waals surface area contributed by atoms with Gasteiger partial charge in [-0.25, -0.2) is 0 Å². The molecule has 6 fully saturated rings. The number of hydrogen-bond acceptors (Lipinski definition) is 0. The first-order valence-electron chi connectivity index (χ1n) is 17.9. The van der Waals surface area contributed by atoms with E-state index >= 15 is 0 Å². The highest BCUT2D eigenvalue weighted by Crippen LogP contribution is 2.17. The van der Waals surface area contributed by atoms with Crippen molar-refractivity contribution in [3.8, 4) is 0 Å². The zero-order valence-corrected chi connectivity index (χ0v) is 26.0. The van der Waals surface area contributed by atoms with Crippen molar-refractivity contribution in [2.24, 2.45) is 0 Å². The fourth-order valence-corrected chi connectivity index (χ4v) is 5.80. The molecule has 6 aliphatic rings. The number of unbranched alkanes of at least 4 members (excludes halogenated alkanes) is 3.